The van der Waals surface area contributed by atoms with Gasteiger partial charge in [-0.3, -0.25) is 0 Å². The first-order valence-corrected chi connectivity index (χ1v) is 8.07. The normalized spacial score (nSPS) is 22.5. The molecule has 1 aromatic carbocycles. The fourth-order valence-electron chi connectivity index (χ4n) is 2.25. The summed E-state index contributed by atoms with van der Waals surface area (Å²) in [5.74, 6) is 0.654. The molecule has 0 bridgehead atoms. The lowest BCUT2D eigenvalue weighted by molar-refractivity contribution is 0.0162. The Morgan fingerprint density at radius 3 is 2.62 bits per heavy atom. The van der Waals surface area contributed by atoms with Crippen molar-refractivity contribution in [3.8, 4) is 5.75 Å². The van der Waals surface area contributed by atoms with Crippen LogP contribution in [-0.4, -0.2) is 30.9 Å². The zero-order chi connectivity index (χ0) is 15.5. The predicted octanol–water partition coefficient (Wildman–Crippen LogP) is 4.31. The van der Waals surface area contributed by atoms with Gasteiger partial charge in [-0.25, -0.2) is 0 Å². The summed E-state index contributed by atoms with van der Waals surface area (Å²) >= 11 is 11.9. The topological polar surface area (TPSA) is 30.5 Å². The molecule has 0 aromatic heterocycles. The quantitative estimate of drug-likeness (QED) is 0.872. The first-order chi connectivity index (χ1) is 9.83. The molecule has 21 heavy (non-hydrogen) atoms. The lowest BCUT2D eigenvalue weighted by Gasteiger charge is -2.23. The van der Waals surface area contributed by atoms with Crippen LogP contribution in [0, 0.1) is 0 Å². The lowest BCUT2D eigenvalue weighted by Crippen LogP contribution is -2.41. The summed E-state index contributed by atoms with van der Waals surface area (Å²) in [7, 11) is 0. The van der Waals surface area contributed by atoms with E-state index in [-0.39, 0.29) is 17.7 Å². The van der Waals surface area contributed by atoms with Gasteiger partial charge in [-0.05, 0) is 51.8 Å². The van der Waals surface area contributed by atoms with E-state index < -0.39 is 0 Å². The average Bonchev–Trinajstić information content (AvgIpc) is 2.82. The highest BCUT2D eigenvalue weighted by molar-refractivity contribution is 6.35. The molecule has 0 amide bonds. The highest BCUT2D eigenvalue weighted by Crippen LogP contribution is 2.28. The molecule has 1 aromatic rings. The van der Waals surface area contributed by atoms with Crippen molar-refractivity contribution in [1.82, 2.24) is 5.32 Å². The molecular weight excluding hydrogens is 309 g/mol. The van der Waals surface area contributed by atoms with Crippen LogP contribution in [0.4, 0.5) is 0 Å². The number of halogens is 2. The zero-order valence-electron chi connectivity index (χ0n) is 12.8. The number of rotatable bonds is 5. The monoisotopic (exact) mass is 331 g/mol. The SMILES string of the molecule is CC(C)(C)NCC1CCC(COc2ccc(Cl)cc2Cl)O1. The van der Waals surface area contributed by atoms with Crippen molar-refractivity contribution < 1.29 is 9.47 Å². The van der Waals surface area contributed by atoms with Crippen molar-refractivity contribution in [2.45, 2.75) is 51.4 Å². The second-order valence-corrected chi connectivity index (χ2v) is 7.32. The third-order valence-corrected chi connectivity index (χ3v) is 3.90. The first kappa shape index (κ1) is 16.9. The maximum absolute atomic E-state index is 6.08. The van der Waals surface area contributed by atoms with Gasteiger partial charge in [0, 0.05) is 17.1 Å². The Morgan fingerprint density at radius 1 is 1.24 bits per heavy atom. The van der Waals surface area contributed by atoms with Crippen molar-refractivity contribution in [3.05, 3.63) is 28.2 Å². The third kappa shape index (κ3) is 5.67. The molecule has 1 N–H and O–H groups in total. The second kappa shape index (κ2) is 7.19. The molecule has 1 aliphatic rings. The van der Waals surface area contributed by atoms with E-state index in [2.05, 4.69) is 26.1 Å². The van der Waals surface area contributed by atoms with E-state index in [0.29, 0.717) is 22.4 Å². The Morgan fingerprint density at radius 2 is 1.95 bits per heavy atom. The Kier molecular flexibility index (Phi) is 5.78. The van der Waals surface area contributed by atoms with Crippen LogP contribution in [0.1, 0.15) is 33.6 Å². The minimum atomic E-state index is 0.120. The summed E-state index contributed by atoms with van der Waals surface area (Å²) in [6.07, 6.45) is 2.47. The smallest absolute Gasteiger partial charge is 0.138 e. The van der Waals surface area contributed by atoms with Crippen LogP contribution in [0.15, 0.2) is 18.2 Å². The number of hydrogen-bond acceptors (Lipinski definition) is 3. The van der Waals surface area contributed by atoms with E-state index in [4.69, 9.17) is 32.7 Å². The van der Waals surface area contributed by atoms with E-state index in [1.54, 1.807) is 18.2 Å². The number of ether oxygens (including phenoxy) is 2. The van der Waals surface area contributed by atoms with E-state index in [9.17, 15) is 0 Å². The van der Waals surface area contributed by atoms with Gasteiger partial charge < -0.3 is 14.8 Å². The van der Waals surface area contributed by atoms with Gasteiger partial charge >= 0.3 is 0 Å². The van der Waals surface area contributed by atoms with E-state index in [0.717, 1.165) is 19.4 Å². The van der Waals surface area contributed by atoms with Crippen LogP contribution >= 0.6 is 23.2 Å². The average molecular weight is 332 g/mol. The fraction of sp³-hybridized carbons (Fsp3) is 0.625. The molecule has 3 nitrogen and oxygen atoms in total. The van der Waals surface area contributed by atoms with Gasteiger partial charge in [0.15, 0.2) is 0 Å². The maximum Gasteiger partial charge on any atom is 0.138 e. The Bertz CT molecular complexity index is 474. The lowest BCUT2D eigenvalue weighted by atomic mass is 10.1. The molecule has 1 heterocycles. The Hall–Kier alpha value is -0.480. The summed E-state index contributed by atoms with van der Waals surface area (Å²) in [6, 6.07) is 5.25. The van der Waals surface area contributed by atoms with Crippen LogP contribution in [0.5, 0.6) is 5.75 Å². The Balaban J connectivity index is 1.75. The van der Waals surface area contributed by atoms with E-state index in [1.165, 1.54) is 0 Å². The van der Waals surface area contributed by atoms with E-state index >= 15 is 0 Å². The van der Waals surface area contributed by atoms with Crippen LogP contribution in [0.3, 0.4) is 0 Å². The molecule has 1 saturated heterocycles. The molecule has 0 radical (unpaired) electrons. The molecular formula is C16H23Cl2NO2. The largest absolute Gasteiger partial charge is 0.489 e. The molecule has 1 fully saturated rings. The molecule has 2 atom stereocenters. The highest BCUT2D eigenvalue weighted by atomic mass is 35.5. The van der Waals surface area contributed by atoms with Crippen LogP contribution < -0.4 is 10.1 Å². The molecule has 2 unspecified atom stereocenters. The number of hydrogen-bond donors (Lipinski definition) is 1. The van der Waals surface area contributed by atoms with Crippen molar-refractivity contribution in [3.63, 3.8) is 0 Å². The third-order valence-electron chi connectivity index (χ3n) is 3.37. The van der Waals surface area contributed by atoms with Gasteiger partial charge in [0.1, 0.15) is 12.4 Å². The van der Waals surface area contributed by atoms with Gasteiger partial charge in [-0.15, -0.1) is 0 Å². The van der Waals surface area contributed by atoms with Gasteiger partial charge in [0.2, 0.25) is 0 Å². The molecule has 0 aliphatic carbocycles. The standard InChI is InChI=1S/C16H23Cl2NO2/c1-16(2,3)19-9-12-5-6-13(21-12)10-20-15-7-4-11(17)8-14(15)18/h4,7-8,12-13,19H,5-6,9-10H2,1-3H3. The van der Waals surface area contributed by atoms with Crippen LogP contribution in [0.2, 0.25) is 10.0 Å². The molecule has 2 rings (SSSR count). The number of benzene rings is 1. The highest BCUT2D eigenvalue weighted by Gasteiger charge is 2.26. The molecule has 1 aliphatic heterocycles. The summed E-state index contributed by atoms with van der Waals surface area (Å²) in [4.78, 5) is 0. The molecule has 0 saturated carbocycles. The van der Waals surface area contributed by atoms with Crippen LogP contribution in [0.25, 0.3) is 0 Å². The second-order valence-electron chi connectivity index (χ2n) is 6.47. The van der Waals surface area contributed by atoms with Crippen LogP contribution in [-0.2, 0) is 4.74 Å². The number of nitrogens with one attached hydrogen (secondary N) is 1. The maximum atomic E-state index is 6.08. The Labute approximate surface area is 136 Å². The first-order valence-electron chi connectivity index (χ1n) is 7.32. The predicted molar refractivity (Wildman–Crippen MR) is 87.6 cm³/mol. The van der Waals surface area contributed by atoms with Gasteiger partial charge in [-0.2, -0.15) is 0 Å². The zero-order valence-corrected chi connectivity index (χ0v) is 14.3. The molecule has 0 spiro atoms. The minimum Gasteiger partial charge on any atom is -0.489 e. The molecule has 118 valence electrons. The van der Waals surface area contributed by atoms with Gasteiger partial charge in [-0.1, -0.05) is 23.2 Å². The van der Waals surface area contributed by atoms with E-state index in [1.807, 2.05) is 0 Å². The van der Waals surface area contributed by atoms with Crippen molar-refractivity contribution >= 4 is 23.2 Å². The summed E-state index contributed by atoms with van der Waals surface area (Å²) in [5.41, 5.74) is 0.120. The van der Waals surface area contributed by atoms with Crippen molar-refractivity contribution in [2.75, 3.05) is 13.2 Å². The molecule has 5 heteroatoms. The summed E-state index contributed by atoms with van der Waals surface area (Å²) in [5, 5.41) is 4.61. The van der Waals surface area contributed by atoms with Crippen molar-refractivity contribution in [1.29, 1.82) is 0 Å². The van der Waals surface area contributed by atoms with Gasteiger partial charge in [0.25, 0.3) is 0 Å². The van der Waals surface area contributed by atoms with Gasteiger partial charge in [0.05, 0.1) is 17.2 Å². The van der Waals surface area contributed by atoms with Crippen molar-refractivity contribution in [2.24, 2.45) is 0 Å². The minimum absolute atomic E-state index is 0.120. The fourth-order valence-corrected chi connectivity index (χ4v) is 2.71. The summed E-state index contributed by atoms with van der Waals surface area (Å²) < 4.78 is 11.7. The summed E-state index contributed by atoms with van der Waals surface area (Å²) in [6.45, 7) is 7.87.